The Kier molecular flexibility index (Phi) is 4.51. The van der Waals surface area contributed by atoms with Crippen molar-refractivity contribution in [1.82, 2.24) is 9.88 Å². The van der Waals surface area contributed by atoms with Gasteiger partial charge in [0.05, 0.1) is 4.92 Å². The highest BCUT2D eigenvalue weighted by Gasteiger charge is 2.15. The number of pyridine rings is 1. The van der Waals surface area contributed by atoms with Crippen LogP contribution in [0.3, 0.4) is 0 Å². The van der Waals surface area contributed by atoms with Crippen molar-refractivity contribution in [1.29, 1.82) is 0 Å². The first-order valence-corrected chi connectivity index (χ1v) is 6.54. The van der Waals surface area contributed by atoms with E-state index in [9.17, 15) is 10.1 Å². The number of piperidine rings is 1. The van der Waals surface area contributed by atoms with E-state index in [0.29, 0.717) is 6.54 Å². The van der Waals surface area contributed by atoms with Gasteiger partial charge in [0.1, 0.15) is 5.82 Å². The third-order valence-electron chi connectivity index (χ3n) is 3.26. The number of nitro groups is 1. The number of nitrogens with zero attached hydrogens (tertiary/aromatic N) is 3. The zero-order valence-electron chi connectivity index (χ0n) is 10.8. The fraction of sp³-hybridized carbons (Fsp3) is 0.583. The van der Waals surface area contributed by atoms with Crippen molar-refractivity contribution in [3.8, 4) is 0 Å². The Balaban J connectivity index is 1.91. The van der Waals surface area contributed by atoms with Gasteiger partial charge in [-0.05, 0) is 32.0 Å². The number of anilines is 2. The molecule has 19 heavy (non-hydrogen) atoms. The van der Waals surface area contributed by atoms with Gasteiger partial charge in [0, 0.05) is 19.2 Å². The average molecular weight is 265 g/mol. The van der Waals surface area contributed by atoms with Crippen molar-refractivity contribution in [3.05, 3.63) is 22.2 Å². The van der Waals surface area contributed by atoms with Gasteiger partial charge in [0.15, 0.2) is 0 Å². The topological polar surface area (TPSA) is 97.3 Å². The van der Waals surface area contributed by atoms with E-state index in [1.807, 2.05) is 0 Å². The summed E-state index contributed by atoms with van der Waals surface area (Å²) in [6.45, 7) is 3.72. The fourth-order valence-electron chi connectivity index (χ4n) is 2.26. The van der Waals surface area contributed by atoms with Crippen LogP contribution in [-0.2, 0) is 0 Å². The van der Waals surface area contributed by atoms with Crippen LogP contribution in [0.25, 0.3) is 0 Å². The molecule has 1 aromatic heterocycles. The van der Waals surface area contributed by atoms with E-state index in [4.69, 9.17) is 5.73 Å². The monoisotopic (exact) mass is 265 g/mol. The van der Waals surface area contributed by atoms with Crippen LogP contribution in [0, 0.1) is 10.1 Å². The number of rotatable bonds is 5. The first kappa shape index (κ1) is 13.5. The van der Waals surface area contributed by atoms with Crippen LogP contribution < -0.4 is 11.1 Å². The molecular weight excluding hydrogens is 246 g/mol. The van der Waals surface area contributed by atoms with E-state index in [1.165, 1.54) is 31.4 Å². The second-order valence-corrected chi connectivity index (χ2v) is 4.69. The van der Waals surface area contributed by atoms with Crippen molar-refractivity contribution >= 4 is 17.3 Å². The van der Waals surface area contributed by atoms with Gasteiger partial charge in [-0.25, -0.2) is 4.98 Å². The quantitative estimate of drug-likeness (QED) is 0.618. The summed E-state index contributed by atoms with van der Waals surface area (Å²) in [7, 11) is 0. The summed E-state index contributed by atoms with van der Waals surface area (Å²) < 4.78 is 0. The highest BCUT2D eigenvalue weighted by atomic mass is 16.6. The predicted octanol–water partition coefficient (Wildman–Crippen LogP) is 1.47. The molecule has 3 N–H and O–H groups in total. The number of hydrogen-bond donors (Lipinski definition) is 2. The van der Waals surface area contributed by atoms with Crippen molar-refractivity contribution < 1.29 is 4.92 Å². The molecule has 0 unspecified atom stereocenters. The summed E-state index contributed by atoms with van der Waals surface area (Å²) in [6.07, 6.45) is 3.76. The normalized spacial score (nSPS) is 16.2. The van der Waals surface area contributed by atoms with Crippen LogP contribution in [0.5, 0.6) is 0 Å². The molecule has 0 aromatic carbocycles. The summed E-state index contributed by atoms with van der Waals surface area (Å²) >= 11 is 0. The third-order valence-corrected chi connectivity index (χ3v) is 3.26. The maximum atomic E-state index is 10.9. The van der Waals surface area contributed by atoms with E-state index in [-0.39, 0.29) is 17.3 Å². The van der Waals surface area contributed by atoms with Crippen molar-refractivity contribution in [3.63, 3.8) is 0 Å². The largest absolute Gasteiger partial charge is 0.384 e. The Morgan fingerprint density at radius 3 is 2.79 bits per heavy atom. The number of nitrogens with two attached hydrogens (primary N) is 1. The molecule has 1 aliphatic heterocycles. The van der Waals surface area contributed by atoms with Gasteiger partial charge in [-0.3, -0.25) is 10.1 Å². The summed E-state index contributed by atoms with van der Waals surface area (Å²) in [5.74, 6) is 0.535. The minimum absolute atomic E-state index is 0.0344. The van der Waals surface area contributed by atoms with E-state index in [1.54, 1.807) is 0 Å². The smallest absolute Gasteiger partial charge is 0.311 e. The molecule has 0 saturated carbocycles. The molecule has 2 rings (SSSR count). The molecular formula is C12H19N5O2. The van der Waals surface area contributed by atoms with Crippen LogP contribution >= 0.6 is 0 Å². The number of nitrogens with one attached hydrogen (secondary N) is 1. The van der Waals surface area contributed by atoms with Crippen molar-refractivity contribution in [2.75, 3.05) is 37.2 Å². The maximum absolute atomic E-state index is 10.9. The molecule has 104 valence electrons. The lowest BCUT2D eigenvalue weighted by Crippen LogP contribution is -2.33. The minimum Gasteiger partial charge on any atom is -0.384 e. The van der Waals surface area contributed by atoms with Crippen LogP contribution in [-0.4, -0.2) is 41.0 Å². The molecule has 1 aromatic rings. The summed E-state index contributed by atoms with van der Waals surface area (Å²) in [6, 6.07) is 2.82. The van der Waals surface area contributed by atoms with E-state index < -0.39 is 4.92 Å². The second-order valence-electron chi connectivity index (χ2n) is 4.69. The van der Waals surface area contributed by atoms with E-state index in [2.05, 4.69) is 15.2 Å². The summed E-state index contributed by atoms with van der Waals surface area (Å²) in [5, 5.41) is 13.9. The van der Waals surface area contributed by atoms with Gasteiger partial charge >= 0.3 is 5.69 Å². The zero-order valence-corrected chi connectivity index (χ0v) is 10.8. The van der Waals surface area contributed by atoms with E-state index in [0.717, 1.165) is 19.6 Å². The van der Waals surface area contributed by atoms with Crippen LogP contribution in [0.4, 0.5) is 17.3 Å². The lowest BCUT2D eigenvalue weighted by molar-refractivity contribution is -0.384. The van der Waals surface area contributed by atoms with Gasteiger partial charge in [-0.2, -0.15) is 0 Å². The molecule has 0 bridgehead atoms. The standard InChI is InChI=1S/C12H19N5O2/c13-11-5-4-10(17(18)19)12(15-11)14-6-9-16-7-2-1-3-8-16/h4-5H,1-3,6-9H2,(H3,13,14,15). The maximum Gasteiger partial charge on any atom is 0.311 e. The fourth-order valence-corrected chi connectivity index (χ4v) is 2.26. The van der Waals surface area contributed by atoms with Crippen molar-refractivity contribution in [2.24, 2.45) is 0 Å². The number of likely N-dealkylation sites (tertiary alicyclic amines) is 1. The molecule has 1 aliphatic rings. The van der Waals surface area contributed by atoms with Crippen LogP contribution in [0.2, 0.25) is 0 Å². The lowest BCUT2D eigenvalue weighted by Gasteiger charge is -2.26. The highest BCUT2D eigenvalue weighted by Crippen LogP contribution is 2.22. The SMILES string of the molecule is Nc1ccc([N+](=O)[O-])c(NCCN2CCCCC2)n1. The molecule has 2 heterocycles. The second kappa shape index (κ2) is 6.33. The first-order chi connectivity index (χ1) is 9.16. The lowest BCUT2D eigenvalue weighted by atomic mass is 10.1. The molecule has 0 radical (unpaired) electrons. The first-order valence-electron chi connectivity index (χ1n) is 6.54. The van der Waals surface area contributed by atoms with Gasteiger partial charge in [0.25, 0.3) is 0 Å². The van der Waals surface area contributed by atoms with Gasteiger partial charge in [-0.15, -0.1) is 0 Å². The van der Waals surface area contributed by atoms with Gasteiger partial charge in [0.2, 0.25) is 5.82 Å². The Labute approximate surface area is 112 Å². The number of nitrogen functional groups attached to an aromatic ring is 1. The van der Waals surface area contributed by atoms with Gasteiger partial charge in [-0.1, -0.05) is 6.42 Å². The number of aromatic nitrogens is 1. The molecule has 0 atom stereocenters. The summed E-state index contributed by atoms with van der Waals surface area (Å²) in [4.78, 5) is 16.8. The molecule has 0 amide bonds. The molecule has 7 heteroatoms. The highest BCUT2D eigenvalue weighted by molar-refractivity contribution is 5.59. The molecule has 7 nitrogen and oxygen atoms in total. The van der Waals surface area contributed by atoms with Crippen LogP contribution in [0.1, 0.15) is 19.3 Å². The zero-order chi connectivity index (χ0) is 13.7. The molecule has 0 spiro atoms. The van der Waals surface area contributed by atoms with Crippen molar-refractivity contribution in [2.45, 2.75) is 19.3 Å². The minimum atomic E-state index is -0.449. The Morgan fingerprint density at radius 1 is 1.37 bits per heavy atom. The molecule has 1 fully saturated rings. The Morgan fingerprint density at radius 2 is 2.11 bits per heavy atom. The molecule has 1 saturated heterocycles. The number of hydrogen-bond acceptors (Lipinski definition) is 6. The Hall–Kier alpha value is -1.89. The van der Waals surface area contributed by atoms with E-state index >= 15 is 0 Å². The summed E-state index contributed by atoms with van der Waals surface area (Å²) in [5.41, 5.74) is 5.52. The third kappa shape index (κ3) is 3.78. The van der Waals surface area contributed by atoms with Crippen LogP contribution in [0.15, 0.2) is 12.1 Å². The average Bonchev–Trinajstić information content (AvgIpc) is 2.39. The molecule has 0 aliphatic carbocycles. The Bertz CT molecular complexity index is 446. The van der Waals surface area contributed by atoms with Gasteiger partial charge < -0.3 is 16.0 Å². The predicted molar refractivity (Wildman–Crippen MR) is 74.1 cm³/mol.